The summed E-state index contributed by atoms with van der Waals surface area (Å²) in [7, 11) is 3.25. The van der Waals surface area contributed by atoms with E-state index in [4.69, 9.17) is 16.3 Å². The predicted octanol–water partition coefficient (Wildman–Crippen LogP) is 4.14. The van der Waals surface area contributed by atoms with Crippen LogP contribution in [-0.4, -0.2) is 48.1 Å². The maximum atomic E-state index is 13.1. The molecule has 0 spiro atoms. The molecule has 2 aromatic rings. The Hall–Kier alpha value is -2.86. The first-order valence-corrected chi connectivity index (χ1v) is 10.2. The van der Waals surface area contributed by atoms with Crippen LogP contribution in [0.25, 0.3) is 0 Å². The summed E-state index contributed by atoms with van der Waals surface area (Å²) in [4.78, 5) is 26.8. The molecule has 1 heterocycles. The zero-order valence-electron chi connectivity index (χ0n) is 17.6. The van der Waals surface area contributed by atoms with Gasteiger partial charge in [0.25, 0.3) is 5.91 Å². The summed E-state index contributed by atoms with van der Waals surface area (Å²) in [5.41, 5.74) is 2.49. The van der Waals surface area contributed by atoms with E-state index in [2.05, 4.69) is 5.10 Å². The topological polar surface area (TPSA) is 62.2 Å². The van der Waals surface area contributed by atoms with Crippen molar-refractivity contribution in [2.24, 2.45) is 11.0 Å². The molecular formula is C23H26ClN3O3. The fourth-order valence-electron chi connectivity index (χ4n) is 3.48. The Balaban J connectivity index is 1.91. The number of hydrazone groups is 1. The van der Waals surface area contributed by atoms with Crippen LogP contribution in [0.1, 0.15) is 37.4 Å². The van der Waals surface area contributed by atoms with Gasteiger partial charge in [0, 0.05) is 30.0 Å². The molecule has 2 aromatic carbocycles. The third kappa shape index (κ3) is 4.65. The summed E-state index contributed by atoms with van der Waals surface area (Å²) in [5, 5.41) is 6.69. The molecule has 6 nitrogen and oxygen atoms in total. The summed E-state index contributed by atoms with van der Waals surface area (Å²) >= 11 is 6.37. The Morgan fingerprint density at radius 3 is 2.47 bits per heavy atom. The number of likely N-dealkylation sites (N-methyl/N-ethyl adjacent to an activating group) is 1. The van der Waals surface area contributed by atoms with Gasteiger partial charge in [-0.05, 0) is 23.8 Å². The van der Waals surface area contributed by atoms with E-state index in [-0.39, 0.29) is 30.3 Å². The molecule has 1 atom stereocenters. The number of hydrogen-bond donors (Lipinski definition) is 0. The predicted molar refractivity (Wildman–Crippen MR) is 118 cm³/mol. The Morgan fingerprint density at radius 2 is 1.87 bits per heavy atom. The molecule has 158 valence electrons. The van der Waals surface area contributed by atoms with Gasteiger partial charge in [-0.2, -0.15) is 5.10 Å². The number of methoxy groups -OCH3 is 1. The summed E-state index contributed by atoms with van der Waals surface area (Å²) in [6.07, 6.45) is 0.531. The van der Waals surface area contributed by atoms with E-state index in [1.807, 2.05) is 56.3 Å². The molecule has 0 N–H and O–H groups in total. The van der Waals surface area contributed by atoms with Crippen LogP contribution >= 0.6 is 11.6 Å². The van der Waals surface area contributed by atoms with Gasteiger partial charge in [-0.1, -0.05) is 55.8 Å². The van der Waals surface area contributed by atoms with E-state index in [1.165, 1.54) is 9.91 Å². The molecule has 0 radical (unpaired) electrons. The molecule has 1 aliphatic heterocycles. The lowest BCUT2D eigenvalue weighted by atomic mass is 9.98. The van der Waals surface area contributed by atoms with Crippen LogP contribution in [0, 0.1) is 5.92 Å². The number of ether oxygens (including phenoxy) is 1. The lowest BCUT2D eigenvalue weighted by Crippen LogP contribution is -2.40. The Labute approximate surface area is 182 Å². The third-order valence-corrected chi connectivity index (χ3v) is 5.42. The second kappa shape index (κ2) is 9.30. The molecule has 0 fully saturated rings. The molecule has 1 aliphatic rings. The minimum absolute atomic E-state index is 0.0387. The van der Waals surface area contributed by atoms with Gasteiger partial charge in [0.05, 0.1) is 18.9 Å². The molecule has 0 saturated heterocycles. The number of benzene rings is 2. The van der Waals surface area contributed by atoms with Crippen LogP contribution in [0.5, 0.6) is 5.75 Å². The van der Waals surface area contributed by atoms with Gasteiger partial charge in [0.1, 0.15) is 12.3 Å². The van der Waals surface area contributed by atoms with E-state index < -0.39 is 0 Å². The standard InChI is InChI=1S/C23H26ClN3O3/c1-15(2)23(29)26(3)14-22(28)27-21(16-9-11-17(30-4)12-10-16)13-20(25-27)18-7-5-6-8-19(18)24/h5-12,15,21H,13-14H2,1-4H3/t21-/m1/s1. The van der Waals surface area contributed by atoms with Crippen LogP contribution in [0.15, 0.2) is 53.6 Å². The lowest BCUT2D eigenvalue weighted by Gasteiger charge is -2.25. The molecule has 0 aromatic heterocycles. The minimum atomic E-state index is -0.280. The van der Waals surface area contributed by atoms with Gasteiger partial charge in [0.2, 0.25) is 5.91 Å². The van der Waals surface area contributed by atoms with Gasteiger partial charge in [-0.3, -0.25) is 9.59 Å². The first-order chi connectivity index (χ1) is 14.3. The summed E-state index contributed by atoms with van der Waals surface area (Å²) in [6.45, 7) is 3.59. The van der Waals surface area contributed by atoms with Crippen LogP contribution in [0.2, 0.25) is 5.02 Å². The number of halogens is 1. The zero-order valence-corrected chi connectivity index (χ0v) is 18.4. The number of carbonyl (C=O) groups excluding carboxylic acids is 2. The zero-order chi connectivity index (χ0) is 21.8. The van der Waals surface area contributed by atoms with Gasteiger partial charge < -0.3 is 9.64 Å². The fourth-order valence-corrected chi connectivity index (χ4v) is 3.72. The van der Waals surface area contributed by atoms with Crippen LogP contribution in [0.3, 0.4) is 0 Å². The van der Waals surface area contributed by atoms with Gasteiger partial charge in [-0.25, -0.2) is 5.01 Å². The molecule has 0 aliphatic carbocycles. The maximum Gasteiger partial charge on any atom is 0.262 e. The van der Waals surface area contributed by atoms with Crippen molar-refractivity contribution >= 4 is 29.1 Å². The molecule has 0 saturated carbocycles. The Morgan fingerprint density at radius 1 is 1.20 bits per heavy atom. The van der Waals surface area contributed by atoms with E-state index in [1.54, 1.807) is 20.2 Å². The average Bonchev–Trinajstić information content (AvgIpc) is 3.18. The lowest BCUT2D eigenvalue weighted by molar-refractivity contribution is -0.142. The highest BCUT2D eigenvalue weighted by molar-refractivity contribution is 6.34. The SMILES string of the molecule is COc1ccc([C@H]2CC(c3ccccc3Cl)=NN2C(=O)CN(C)C(=O)C(C)C)cc1. The maximum absolute atomic E-state index is 13.1. The van der Waals surface area contributed by atoms with E-state index in [9.17, 15) is 9.59 Å². The highest BCUT2D eigenvalue weighted by Gasteiger charge is 2.34. The first kappa shape index (κ1) is 21.8. The highest BCUT2D eigenvalue weighted by Crippen LogP contribution is 2.35. The molecular weight excluding hydrogens is 402 g/mol. The van der Waals surface area contributed by atoms with Gasteiger partial charge in [0.15, 0.2) is 0 Å². The quantitative estimate of drug-likeness (QED) is 0.696. The summed E-state index contributed by atoms with van der Waals surface area (Å²) in [6, 6.07) is 14.8. The number of amides is 2. The molecule has 3 rings (SSSR count). The largest absolute Gasteiger partial charge is 0.497 e. The number of carbonyl (C=O) groups is 2. The average molecular weight is 428 g/mol. The van der Waals surface area contributed by atoms with Crippen molar-refractivity contribution in [3.63, 3.8) is 0 Å². The van der Waals surface area contributed by atoms with Crippen molar-refractivity contribution in [3.05, 3.63) is 64.7 Å². The Kier molecular flexibility index (Phi) is 6.77. The van der Waals surface area contributed by atoms with E-state index in [0.29, 0.717) is 11.4 Å². The first-order valence-electron chi connectivity index (χ1n) is 9.85. The molecule has 0 bridgehead atoms. The second-order valence-corrected chi connectivity index (χ2v) is 8.01. The molecule has 30 heavy (non-hydrogen) atoms. The monoisotopic (exact) mass is 427 g/mol. The van der Waals surface area contributed by atoms with Crippen molar-refractivity contribution in [3.8, 4) is 5.75 Å². The van der Waals surface area contributed by atoms with Crippen molar-refractivity contribution < 1.29 is 14.3 Å². The van der Waals surface area contributed by atoms with Crippen LogP contribution < -0.4 is 4.74 Å². The van der Waals surface area contributed by atoms with E-state index >= 15 is 0 Å². The minimum Gasteiger partial charge on any atom is -0.497 e. The van der Waals surface area contributed by atoms with Gasteiger partial charge >= 0.3 is 0 Å². The molecule has 0 unspecified atom stereocenters. The second-order valence-electron chi connectivity index (χ2n) is 7.61. The number of rotatable bonds is 6. The third-order valence-electron chi connectivity index (χ3n) is 5.09. The van der Waals surface area contributed by atoms with Crippen molar-refractivity contribution in [1.29, 1.82) is 0 Å². The van der Waals surface area contributed by atoms with Crippen molar-refractivity contribution in [1.82, 2.24) is 9.91 Å². The van der Waals surface area contributed by atoms with Crippen molar-refractivity contribution in [2.75, 3.05) is 20.7 Å². The summed E-state index contributed by atoms with van der Waals surface area (Å²) < 4.78 is 5.24. The van der Waals surface area contributed by atoms with Crippen LogP contribution in [-0.2, 0) is 9.59 Å². The summed E-state index contributed by atoms with van der Waals surface area (Å²) in [5.74, 6) is 0.235. The van der Waals surface area contributed by atoms with Crippen LogP contribution in [0.4, 0.5) is 0 Å². The molecule has 2 amide bonds. The molecule has 7 heteroatoms. The highest BCUT2D eigenvalue weighted by atomic mass is 35.5. The fraction of sp³-hybridized carbons (Fsp3) is 0.348. The number of nitrogens with zero attached hydrogens (tertiary/aromatic N) is 3. The van der Waals surface area contributed by atoms with Crippen molar-refractivity contribution in [2.45, 2.75) is 26.3 Å². The number of hydrogen-bond acceptors (Lipinski definition) is 4. The smallest absolute Gasteiger partial charge is 0.262 e. The van der Waals surface area contributed by atoms with Gasteiger partial charge in [-0.15, -0.1) is 0 Å². The normalized spacial score (nSPS) is 15.9. The Bertz CT molecular complexity index is 956. The van der Waals surface area contributed by atoms with E-state index in [0.717, 1.165) is 22.6 Å².